The molecule has 2 aromatic carbocycles. The van der Waals surface area contributed by atoms with Crippen LogP contribution in [0.25, 0.3) is 32.9 Å². The van der Waals surface area contributed by atoms with Crippen molar-refractivity contribution >= 4 is 21.7 Å². The first kappa shape index (κ1) is 26.3. The van der Waals surface area contributed by atoms with Crippen LogP contribution in [0.15, 0.2) is 30.5 Å². The van der Waals surface area contributed by atoms with Crippen molar-refractivity contribution in [1.29, 1.82) is 0 Å². The molecule has 2 aromatic heterocycles. The topological polar surface area (TPSA) is 83.4 Å². The molecule has 2 atom stereocenters. The van der Waals surface area contributed by atoms with Crippen molar-refractivity contribution in [2.75, 3.05) is 32.8 Å². The molecule has 3 saturated heterocycles. The summed E-state index contributed by atoms with van der Waals surface area (Å²) in [6.45, 7) is 2.92. The number of piperidine rings is 1. The predicted molar refractivity (Wildman–Crippen MR) is 145 cm³/mol. The zero-order chi connectivity index (χ0) is 28.3. The largest absolute Gasteiger partial charge is 0.508 e. The summed E-state index contributed by atoms with van der Waals surface area (Å²) in [4.78, 5) is 15.6. The number of nitrogens with one attached hydrogen (secondary N) is 1. The lowest BCUT2D eigenvalue weighted by Gasteiger charge is -2.31. The molecule has 3 fully saturated rings. The first-order valence-electron chi connectivity index (χ1n) is 14.0. The van der Waals surface area contributed by atoms with E-state index < -0.39 is 29.2 Å². The summed E-state index contributed by atoms with van der Waals surface area (Å²) in [6.07, 6.45) is 4.21. The zero-order valence-corrected chi connectivity index (χ0v) is 22.3. The van der Waals surface area contributed by atoms with Crippen LogP contribution in [0.3, 0.4) is 0 Å². The summed E-state index contributed by atoms with van der Waals surface area (Å²) in [5, 5.41) is 14.0. The van der Waals surface area contributed by atoms with Gasteiger partial charge in [-0.2, -0.15) is 9.97 Å². The van der Waals surface area contributed by atoms with Crippen LogP contribution in [0.5, 0.6) is 11.8 Å². The van der Waals surface area contributed by atoms with Gasteiger partial charge in [-0.15, -0.1) is 0 Å². The minimum atomic E-state index is -1.16. The molecular weight excluding hydrogens is 538 g/mol. The number of aromatic hydroxyl groups is 1. The van der Waals surface area contributed by atoms with Gasteiger partial charge < -0.3 is 15.2 Å². The normalized spacial score (nSPS) is 23.5. The molecule has 0 saturated carbocycles. The zero-order valence-electron chi connectivity index (χ0n) is 22.3. The van der Waals surface area contributed by atoms with E-state index in [1.807, 2.05) is 0 Å². The van der Waals surface area contributed by atoms with Crippen molar-refractivity contribution < 1.29 is 27.4 Å². The number of ether oxygens (including phenoxy) is 1. The average Bonchev–Trinajstić information content (AvgIpc) is 3.49. The number of fused-ring (bicyclic) bond motifs is 3. The molecule has 11 heteroatoms. The van der Waals surface area contributed by atoms with Crippen molar-refractivity contribution in [1.82, 2.24) is 25.2 Å². The fourth-order valence-corrected chi connectivity index (χ4v) is 6.93. The maximum atomic E-state index is 16.4. The van der Waals surface area contributed by atoms with E-state index in [4.69, 9.17) is 9.72 Å². The van der Waals surface area contributed by atoms with Crippen molar-refractivity contribution in [2.24, 2.45) is 0 Å². The number of aromatic nitrogens is 3. The number of pyridine rings is 1. The Bertz CT molecular complexity index is 1660. The molecule has 3 aliphatic rings. The molecule has 0 amide bonds. The van der Waals surface area contributed by atoms with E-state index in [0.717, 1.165) is 57.5 Å². The van der Waals surface area contributed by atoms with Crippen LogP contribution in [0, 0.1) is 17.5 Å². The van der Waals surface area contributed by atoms with E-state index >= 15 is 4.39 Å². The third-order valence-electron chi connectivity index (χ3n) is 8.90. The van der Waals surface area contributed by atoms with Gasteiger partial charge in [0.25, 0.3) is 0 Å². The maximum Gasteiger partial charge on any atom is 0.317 e. The van der Waals surface area contributed by atoms with E-state index in [-0.39, 0.29) is 51.8 Å². The van der Waals surface area contributed by atoms with Crippen LogP contribution in [-0.4, -0.2) is 69.5 Å². The van der Waals surface area contributed by atoms with Gasteiger partial charge in [-0.05, 0) is 68.9 Å². The number of hydrogen-bond acceptors (Lipinski definition) is 7. The van der Waals surface area contributed by atoms with E-state index in [2.05, 4.69) is 20.2 Å². The maximum absolute atomic E-state index is 16.4. The predicted octanol–water partition coefficient (Wildman–Crippen LogP) is 5.39. The van der Waals surface area contributed by atoms with Crippen LogP contribution in [0.1, 0.15) is 43.7 Å². The highest BCUT2D eigenvalue weighted by atomic mass is 19.2. The van der Waals surface area contributed by atoms with E-state index in [9.17, 15) is 18.3 Å². The second-order valence-corrected chi connectivity index (χ2v) is 11.4. The van der Waals surface area contributed by atoms with Gasteiger partial charge in [0.2, 0.25) is 0 Å². The standard InChI is InChI=1S/C30H29F4N5O2/c31-18-12-30(6-1-9-39(30)14-18)15-41-29-37-26(16-4-7-35-8-5-16)21-13-36-27(25(34)28(21)38-29)20-11-19(40)10-17-2-3-22(32)24(33)23(17)20/h2-3,10-11,13,16,18,35,40H,1,4-9,12,14-15H2/t18-,30+/m1/s1. The summed E-state index contributed by atoms with van der Waals surface area (Å²) in [5.41, 5.74) is -0.256. The molecule has 214 valence electrons. The second-order valence-electron chi connectivity index (χ2n) is 11.4. The van der Waals surface area contributed by atoms with Gasteiger partial charge in [-0.25, -0.2) is 17.6 Å². The number of alkyl halides is 1. The van der Waals surface area contributed by atoms with Crippen molar-refractivity contribution in [3.63, 3.8) is 0 Å². The fourth-order valence-electron chi connectivity index (χ4n) is 6.93. The van der Waals surface area contributed by atoms with Crippen molar-refractivity contribution in [2.45, 2.75) is 49.7 Å². The second kappa shape index (κ2) is 10.1. The van der Waals surface area contributed by atoms with Crippen LogP contribution in [0.2, 0.25) is 0 Å². The molecule has 5 heterocycles. The number of rotatable bonds is 5. The molecule has 0 aliphatic carbocycles. The summed E-state index contributed by atoms with van der Waals surface area (Å²) in [7, 11) is 0. The number of halogens is 4. The van der Waals surface area contributed by atoms with E-state index in [0.29, 0.717) is 24.0 Å². The lowest BCUT2D eigenvalue weighted by atomic mass is 9.92. The molecule has 3 aliphatic heterocycles. The van der Waals surface area contributed by atoms with Gasteiger partial charge in [-0.1, -0.05) is 6.07 Å². The van der Waals surface area contributed by atoms with Crippen LogP contribution in [-0.2, 0) is 0 Å². The van der Waals surface area contributed by atoms with Gasteiger partial charge >= 0.3 is 6.01 Å². The highest BCUT2D eigenvalue weighted by Crippen LogP contribution is 2.41. The Morgan fingerprint density at radius 2 is 1.93 bits per heavy atom. The first-order chi connectivity index (χ1) is 19.8. The SMILES string of the molecule is Oc1cc(-c2ncc3c(C4CCNCC4)nc(OC[C@@]45CCCN4C[C@H](F)C5)nc3c2F)c2c(F)c(F)ccc2c1. The van der Waals surface area contributed by atoms with Gasteiger partial charge in [-0.3, -0.25) is 9.88 Å². The minimum absolute atomic E-state index is 0.00661. The highest BCUT2D eigenvalue weighted by Gasteiger charge is 2.49. The van der Waals surface area contributed by atoms with Crippen LogP contribution in [0.4, 0.5) is 17.6 Å². The lowest BCUT2D eigenvalue weighted by molar-refractivity contribution is 0.107. The monoisotopic (exact) mass is 567 g/mol. The summed E-state index contributed by atoms with van der Waals surface area (Å²) in [6, 6.07) is 4.70. The number of phenolic OH excluding ortho intramolecular Hbond substituents is 1. The molecule has 0 spiro atoms. The van der Waals surface area contributed by atoms with Gasteiger partial charge in [0.15, 0.2) is 17.5 Å². The van der Waals surface area contributed by atoms with E-state index in [1.54, 1.807) is 0 Å². The molecule has 7 nitrogen and oxygen atoms in total. The number of hydrogen-bond donors (Lipinski definition) is 2. The molecular formula is C30H29F4N5O2. The fraction of sp³-hybridized carbons (Fsp3) is 0.433. The molecule has 4 aromatic rings. The van der Waals surface area contributed by atoms with Gasteiger partial charge in [0.05, 0.1) is 11.2 Å². The molecule has 0 bridgehead atoms. The number of phenols is 1. The third-order valence-corrected chi connectivity index (χ3v) is 8.90. The third kappa shape index (κ3) is 4.46. The van der Waals surface area contributed by atoms with Gasteiger partial charge in [0, 0.05) is 41.4 Å². The number of benzene rings is 2. The Hall–Kier alpha value is -3.57. The lowest BCUT2D eigenvalue weighted by Crippen LogP contribution is -2.43. The van der Waals surface area contributed by atoms with Crippen LogP contribution < -0.4 is 10.1 Å². The molecule has 0 radical (unpaired) electrons. The molecule has 7 rings (SSSR count). The number of nitrogens with zero attached hydrogens (tertiary/aromatic N) is 4. The Morgan fingerprint density at radius 1 is 1.10 bits per heavy atom. The Kier molecular flexibility index (Phi) is 6.46. The smallest absolute Gasteiger partial charge is 0.317 e. The highest BCUT2D eigenvalue weighted by molar-refractivity contribution is 5.99. The Morgan fingerprint density at radius 3 is 2.76 bits per heavy atom. The summed E-state index contributed by atoms with van der Waals surface area (Å²) >= 11 is 0. The summed E-state index contributed by atoms with van der Waals surface area (Å²) < 4.78 is 66.1. The van der Waals surface area contributed by atoms with Gasteiger partial charge in [0.1, 0.15) is 29.7 Å². The van der Waals surface area contributed by atoms with Crippen LogP contribution >= 0.6 is 0 Å². The molecule has 2 N–H and O–H groups in total. The quantitative estimate of drug-likeness (QED) is 0.313. The summed E-state index contributed by atoms with van der Waals surface area (Å²) in [5.74, 6) is -3.35. The minimum Gasteiger partial charge on any atom is -0.508 e. The Balaban J connectivity index is 1.36. The van der Waals surface area contributed by atoms with Crippen molar-refractivity contribution in [3.05, 3.63) is 53.6 Å². The molecule has 41 heavy (non-hydrogen) atoms. The van der Waals surface area contributed by atoms with Crippen molar-refractivity contribution in [3.8, 4) is 23.0 Å². The Labute approximate surface area is 233 Å². The molecule has 0 unspecified atom stereocenters. The van der Waals surface area contributed by atoms with E-state index in [1.165, 1.54) is 18.3 Å². The first-order valence-corrected chi connectivity index (χ1v) is 14.0. The average molecular weight is 568 g/mol.